The average molecular weight is 89.0 g/mol. The van der Waals surface area contributed by atoms with Gasteiger partial charge in [0.25, 0.3) is 0 Å². The Kier molecular flexibility index (Phi) is 1.41. The minimum Gasteiger partial charge on any atom is -0.463 e. The van der Waals surface area contributed by atoms with E-state index in [9.17, 15) is 4.79 Å². The summed E-state index contributed by atoms with van der Waals surface area (Å²) in [5.74, 6) is 0. The lowest BCUT2D eigenvalue weighted by Crippen LogP contribution is -2.16. The molecule has 0 saturated heterocycles. The summed E-state index contributed by atoms with van der Waals surface area (Å²) in [6.07, 6.45) is -1.57. The van der Waals surface area contributed by atoms with E-state index in [1.54, 1.807) is 0 Å². The Morgan fingerprint density at radius 3 is 2.00 bits per heavy atom. The van der Waals surface area contributed by atoms with Gasteiger partial charge in [0.1, 0.15) is 7.05 Å². The van der Waals surface area contributed by atoms with E-state index in [1.807, 2.05) is 0 Å². The molecule has 1 amide bonds. The highest BCUT2D eigenvalue weighted by Gasteiger charge is 1.95. The normalized spacial score (nSPS) is 7.67. The minimum absolute atomic E-state index is 0.417. The molecular weight excluding hydrogens is 86.0 g/mol. The van der Waals surface area contributed by atoms with Crippen molar-refractivity contribution in [2.75, 3.05) is 0 Å². The van der Waals surface area contributed by atoms with Gasteiger partial charge in [-0.05, 0) is 0 Å². The van der Waals surface area contributed by atoms with E-state index < -0.39 is 11.2 Å². The molecule has 0 spiro atoms. The molecule has 0 aromatic carbocycles. The molecular formula is C2H3NO3. The summed E-state index contributed by atoms with van der Waals surface area (Å²) in [5, 5.41) is 14.8. The number of carbonyl (C=O) groups is 1. The quantitative estimate of drug-likeness (QED) is 0.250. The third-order valence-electron chi connectivity index (χ3n) is 0.196. The van der Waals surface area contributed by atoms with Gasteiger partial charge in [0.05, 0.1) is 0 Å². The van der Waals surface area contributed by atoms with Gasteiger partial charge < -0.3 is 5.11 Å². The van der Waals surface area contributed by atoms with E-state index in [0.717, 1.165) is 0 Å². The molecule has 0 aliphatic heterocycles. The monoisotopic (exact) mass is 89.0 g/mol. The van der Waals surface area contributed by atoms with Crippen LogP contribution in [0.1, 0.15) is 0 Å². The van der Waals surface area contributed by atoms with Crippen LogP contribution in [0.3, 0.4) is 0 Å². The van der Waals surface area contributed by atoms with Crippen molar-refractivity contribution in [3.8, 4) is 0 Å². The van der Waals surface area contributed by atoms with Crippen molar-refractivity contribution in [2.24, 2.45) is 0 Å². The summed E-state index contributed by atoms with van der Waals surface area (Å²) in [5.41, 5.74) is 0. The molecule has 0 unspecified atom stereocenters. The maximum Gasteiger partial charge on any atom is 0.431 e. The molecule has 4 nitrogen and oxygen atoms in total. The molecule has 0 aromatic rings. The molecule has 0 saturated carbocycles. The van der Waals surface area contributed by atoms with Gasteiger partial charge in [-0.1, -0.05) is 0 Å². The molecule has 0 heterocycles. The molecule has 0 rings (SSSR count). The second kappa shape index (κ2) is 1.61. The molecule has 0 atom stereocenters. The second-order valence-corrected chi connectivity index (χ2v) is 0.627. The maximum absolute atomic E-state index is 9.25. The first-order chi connectivity index (χ1) is 2.64. The lowest BCUT2D eigenvalue weighted by Gasteiger charge is -1.96. The van der Waals surface area contributed by atoms with Crippen molar-refractivity contribution >= 4 is 6.09 Å². The Hall–Kier alpha value is -0.770. The summed E-state index contributed by atoms with van der Waals surface area (Å²) in [7, 11) is 4.22. The number of nitrogens with zero attached hydrogens (tertiary/aromatic N) is 1. The molecule has 2 N–H and O–H groups in total. The Morgan fingerprint density at radius 1 is 1.83 bits per heavy atom. The van der Waals surface area contributed by atoms with E-state index >= 15 is 0 Å². The first kappa shape index (κ1) is 5.23. The Balaban J connectivity index is 3.26. The van der Waals surface area contributed by atoms with Gasteiger partial charge in [0.2, 0.25) is 0 Å². The van der Waals surface area contributed by atoms with Gasteiger partial charge in [-0.15, -0.1) is 0 Å². The number of carboxylic acid groups (broad SMARTS) is 1. The topological polar surface area (TPSA) is 60.8 Å². The summed E-state index contributed by atoms with van der Waals surface area (Å²) >= 11 is 0. The van der Waals surface area contributed by atoms with Gasteiger partial charge in [-0.2, -0.15) is 5.06 Å². The van der Waals surface area contributed by atoms with Crippen LogP contribution in [0.5, 0.6) is 0 Å². The van der Waals surface area contributed by atoms with Crippen LogP contribution in [0.2, 0.25) is 0 Å². The third-order valence-corrected chi connectivity index (χ3v) is 0.196. The van der Waals surface area contributed by atoms with Crippen LogP contribution < -0.4 is 0 Å². The van der Waals surface area contributed by atoms with Crippen molar-refractivity contribution in [2.45, 2.75) is 0 Å². The van der Waals surface area contributed by atoms with Crippen LogP contribution in [0.15, 0.2) is 0 Å². The fourth-order valence-electron chi connectivity index (χ4n) is 0. The number of hydroxylamine groups is 2. The third kappa shape index (κ3) is 1.54. The van der Waals surface area contributed by atoms with Gasteiger partial charge >= 0.3 is 6.09 Å². The highest BCUT2D eigenvalue weighted by molar-refractivity contribution is 5.63. The second-order valence-electron chi connectivity index (χ2n) is 0.627. The van der Waals surface area contributed by atoms with E-state index in [-0.39, 0.29) is 0 Å². The molecule has 0 bridgehead atoms. The summed E-state index contributed by atoms with van der Waals surface area (Å²) in [6.45, 7) is 0. The number of hydrogen-bond donors (Lipinski definition) is 2. The fraction of sp³-hybridized carbons (Fsp3) is 0. The van der Waals surface area contributed by atoms with E-state index in [1.165, 1.54) is 0 Å². The van der Waals surface area contributed by atoms with Crippen LogP contribution in [-0.4, -0.2) is 21.5 Å². The molecule has 6 heavy (non-hydrogen) atoms. The van der Waals surface area contributed by atoms with Crippen LogP contribution in [0.4, 0.5) is 4.79 Å². The SMILES string of the molecule is [CH]N(O)C(=O)O. The van der Waals surface area contributed by atoms with Crippen LogP contribution in [-0.2, 0) is 0 Å². The van der Waals surface area contributed by atoms with Crippen LogP contribution >= 0.6 is 0 Å². The molecule has 4 heteroatoms. The zero-order valence-corrected chi connectivity index (χ0v) is 2.83. The molecule has 0 aromatic heterocycles. The van der Waals surface area contributed by atoms with Crippen molar-refractivity contribution in [3.63, 3.8) is 0 Å². The smallest absolute Gasteiger partial charge is 0.431 e. The minimum atomic E-state index is -1.57. The van der Waals surface area contributed by atoms with E-state index in [2.05, 4.69) is 7.05 Å². The summed E-state index contributed by atoms with van der Waals surface area (Å²) in [4.78, 5) is 9.25. The Labute approximate surface area is 34.6 Å². The number of rotatable bonds is 0. The molecule has 34 valence electrons. The van der Waals surface area contributed by atoms with Gasteiger partial charge in [-0.3, -0.25) is 5.21 Å². The van der Waals surface area contributed by atoms with Crippen molar-refractivity contribution in [3.05, 3.63) is 7.05 Å². The van der Waals surface area contributed by atoms with Crippen LogP contribution in [0.25, 0.3) is 0 Å². The fourth-order valence-corrected chi connectivity index (χ4v) is 0. The highest BCUT2D eigenvalue weighted by Crippen LogP contribution is 1.72. The predicted octanol–water partition coefficient (Wildman–Crippen LogP) is 0.0242. The first-order valence-corrected chi connectivity index (χ1v) is 1.11. The standard InChI is InChI=1S/C2H3NO3/c1-3(6)2(4)5/h1,6H,(H,4,5). The van der Waals surface area contributed by atoms with Crippen molar-refractivity contribution in [1.82, 2.24) is 5.06 Å². The number of amides is 1. The Bertz CT molecular complexity index is 59.8. The van der Waals surface area contributed by atoms with E-state index in [0.29, 0.717) is 0 Å². The first-order valence-electron chi connectivity index (χ1n) is 1.11. The van der Waals surface area contributed by atoms with Gasteiger partial charge in [0, 0.05) is 0 Å². The molecule has 0 aliphatic rings. The zero-order chi connectivity index (χ0) is 5.15. The predicted molar refractivity (Wildman–Crippen MR) is 16.0 cm³/mol. The summed E-state index contributed by atoms with van der Waals surface area (Å²) < 4.78 is 0. The highest BCUT2D eigenvalue weighted by atomic mass is 16.6. The van der Waals surface area contributed by atoms with E-state index in [4.69, 9.17) is 10.3 Å². The van der Waals surface area contributed by atoms with Gasteiger partial charge in [-0.25, -0.2) is 4.79 Å². The molecule has 0 aliphatic carbocycles. The molecule has 2 radical (unpaired) electrons. The summed E-state index contributed by atoms with van der Waals surface area (Å²) in [6, 6.07) is 0. The lowest BCUT2D eigenvalue weighted by atomic mass is 11.1. The largest absolute Gasteiger partial charge is 0.463 e. The lowest BCUT2D eigenvalue weighted by molar-refractivity contribution is -0.0240. The maximum atomic E-state index is 9.25. The average Bonchev–Trinajstić information content (AvgIpc) is 1.36. The number of hydrogen-bond acceptors (Lipinski definition) is 2. The van der Waals surface area contributed by atoms with Crippen LogP contribution in [0, 0.1) is 7.05 Å². The molecule has 0 fully saturated rings. The zero-order valence-electron chi connectivity index (χ0n) is 2.83. The Morgan fingerprint density at radius 2 is 2.00 bits per heavy atom. The van der Waals surface area contributed by atoms with Crippen molar-refractivity contribution in [1.29, 1.82) is 0 Å². The van der Waals surface area contributed by atoms with Crippen molar-refractivity contribution < 1.29 is 15.1 Å². The van der Waals surface area contributed by atoms with Gasteiger partial charge in [0.15, 0.2) is 0 Å².